The van der Waals surface area contributed by atoms with Crippen LogP contribution >= 0.6 is 0 Å². The summed E-state index contributed by atoms with van der Waals surface area (Å²) in [6.07, 6.45) is 2.42. The molecule has 1 aliphatic rings. The fraction of sp³-hybridized carbons (Fsp3) is 0.529. The zero-order valence-corrected chi connectivity index (χ0v) is 12.8. The molecule has 5 heteroatoms. The highest BCUT2D eigenvalue weighted by Crippen LogP contribution is 2.21. The summed E-state index contributed by atoms with van der Waals surface area (Å²) in [4.78, 5) is 23.4. The van der Waals surface area contributed by atoms with Gasteiger partial charge in [0.25, 0.3) is 0 Å². The third-order valence-corrected chi connectivity index (χ3v) is 3.72. The zero-order chi connectivity index (χ0) is 15.9. The average molecular weight is 308 g/mol. The van der Waals surface area contributed by atoms with E-state index in [0.717, 1.165) is 31.4 Å². The summed E-state index contributed by atoms with van der Waals surface area (Å²) in [6, 6.07) is 4.52. The van der Waals surface area contributed by atoms with Gasteiger partial charge in [-0.15, -0.1) is 0 Å². The molecule has 1 fully saturated rings. The summed E-state index contributed by atoms with van der Waals surface area (Å²) in [6.45, 7) is 3.36. The molecule has 0 aromatic heterocycles. The predicted molar refractivity (Wildman–Crippen MR) is 79.2 cm³/mol. The number of benzene rings is 1. The average Bonchev–Trinajstić information content (AvgIpc) is 2.50. The minimum absolute atomic E-state index is 0.0396. The number of rotatable bonds is 6. The Kier molecular flexibility index (Phi) is 6.07. The van der Waals surface area contributed by atoms with Crippen molar-refractivity contribution < 1.29 is 23.5 Å². The van der Waals surface area contributed by atoms with E-state index in [-0.39, 0.29) is 12.2 Å². The van der Waals surface area contributed by atoms with E-state index in [9.17, 15) is 14.0 Å². The smallest absolute Gasteiger partial charge is 0.313 e. The first kappa shape index (κ1) is 16.6. The van der Waals surface area contributed by atoms with Crippen molar-refractivity contribution in [3.05, 3.63) is 35.1 Å². The van der Waals surface area contributed by atoms with Gasteiger partial charge in [-0.05, 0) is 49.8 Å². The molecule has 1 saturated heterocycles. The Morgan fingerprint density at radius 1 is 1.41 bits per heavy atom. The third-order valence-electron chi connectivity index (χ3n) is 3.72. The molecule has 1 heterocycles. The van der Waals surface area contributed by atoms with Crippen molar-refractivity contribution in [2.45, 2.75) is 32.6 Å². The molecular weight excluding hydrogens is 287 g/mol. The molecule has 1 aromatic rings. The number of carbonyl (C=O) groups excluding carboxylic acids is 2. The molecule has 0 N–H and O–H groups in total. The van der Waals surface area contributed by atoms with Crippen LogP contribution in [-0.4, -0.2) is 31.6 Å². The van der Waals surface area contributed by atoms with E-state index in [0.29, 0.717) is 12.5 Å². The lowest BCUT2D eigenvalue weighted by Crippen LogP contribution is -2.19. The summed E-state index contributed by atoms with van der Waals surface area (Å²) < 4.78 is 24.0. The zero-order valence-electron chi connectivity index (χ0n) is 12.8. The van der Waals surface area contributed by atoms with Gasteiger partial charge in [0.1, 0.15) is 12.2 Å². The van der Waals surface area contributed by atoms with E-state index in [2.05, 4.69) is 0 Å². The number of hydrogen-bond donors (Lipinski definition) is 0. The normalized spacial score (nSPS) is 18.0. The molecule has 1 unspecified atom stereocenters. The summed E-state index contributed by atoms with van der Waals surface area (Å²) >= 11 is 0. The van der Waals surface area contributed by atoms with Gasteiger partial charge in [-0.25, -0.2) is 4.39 Å². The summed E-state index contributed by atoms with van der Waals surface area (Å²) in [5.41, 5.74) is 0.853. The Morgan fingerprint density at radius 3 is 2.91 bits per heavy atom. The Labute approximate surface area is 129 Å². The Balaban J connectivity index is 2.05. The quantitative estimate of drug-likeness (QED) is 0.460. The van der Waals surface area contributed by atoms with Crippen LogP contribution in [0.4, 0.5) is 4.39 Å². The second-order valence-electron chi connectivity index (χ2n) is 5.51. The topological polar surface area (TPSA) is 52.6 Å². The molecule has 0 radical (unpaired) electrons. The standard InChI is InChI=1S/C17H21FO4/c1-2-22-17(20)10-16(19)14-9-12(5-6-15(14)18)8-13-4-3-7-21-11-13/h5-6,9,13H,2-4,7-8,10-11H2,1H3. The van der Waals surface area contributed by atoms with Crippen LogP contribution in [-0.2, 0) is 20.7 Å². The maximum atomic E-state index is 13.8. The Morgan fingerprint density at radius 2 is 2.23 bits per heavy atom. The first-order valence-electron chi connectivity index (χ1n) is 7.65. The molecule has 4 nitrogen and oxygen atoms in total. The second-order valence-corrected chi connectivity index (χ2v) is 5.51. The van der Waals surface area contributed by atoms with E-state index >= 15 is 0 Å². The second kappa shape index (κ2) is 8.03. The number of ketones is 1. The molecular formula is C17H21FO4. The third kappa shape index (κ3) is 4.63. The van der Waals surface area contributed by atoms with E-state index < -0.39 is 24.0 Å². The minimum atomic E-state index is -0.627. The lowest BCUT2D eigenvalue weighted by atomic mass is 9.92. The monoisotopic (exact) mass is 308 g/mol. The van der Waals surface area contributed by atoms with Gasteiger partial charge in [0.05, 0.1) is 12.2 Å². The molecule has 1 atom stereocenters. The number of hydrogen-bond acceptors (Lipinski definition) is 4. The molecule has 0 bridgehead atoms. The Bertz CT molecular complexity index is 535. The van der Waals surface area contributed by atoms with Crippen LogP contribution in [0.3, 0.4) is 0 Å². The number of ether oxygens (including phenoxy) is 2. The number of Topliss-reactive ketones (excluding diaryl/α,β-unsaturated/α-hetero) is 1. The van der Waals surface area contributed by atoms with Crippen LogP contribution in [0.25, 0.3) is 0 Å². The van der Waals surface area contributed by atoms with Crippen molar-refractivity contribution in [1.82, 2.24) is 0 Å². The van der Waals surface area contributed by atoms with Crippen LogP contribution < -0.4 is 0 Å². The molecule has 0 spiro atoms. The van der Waals surface area contributed by atoms with Gasteiger partial charge in [0.15, 0.2) is 5.78 Å². The van der Waals surface area contributed by atoms with Crippen molar-refractivity contribution in [3.8, 4) is 0 Å². The number of esters is 1. The minimum Gasteiger partial charge on any atom is -0.466 e. The summed E-state index contributed by atoms with van der Waals surface area (Å²) in [5, 5.41) is 0. The van der Waals surface area contributed by atoms with Crippen LogP contribution in [0, 0.1) is 11.7 Å². The number of halogens is 1. The van der Waals surface area contributed by atoms with Crippen LogP contribution in [0.2, 0.25) is 0 Å². The van der Waals surface area contributed by atoms with Gasteiger partial charge in [-0.1, -0.05) is 6.07 Å². The van der Waals surface area contributed by atoms with Crippen molar-refractivity contribution in [2.75, 3.05) is 19.8 Å². The van der Waals surface area contributed by atoms with E-state index in [1.54, 1.807) is 19.1 Å². The molecule has 0 aliphatic carbocycles. The van der Waals surface area contributed by atoms with Crippen molar-refractivity contribution in [2.24, 2.45) is 5.92 Å². The highest BCUT2D eigenvalue weighted by atomic mass is 19.1. The molecule has 1 aliphatic heterocycles. The predicted octanol–water partition coefficient (Wildman–Crippen LogP) is 2.93. The maximum Gasteiger partial charge on any atom is 0.313 e. The first-order chi connectivity index (χ1) is 10.6. The highest BCUT2D eigenvalue weighted by Gasteiger charge is 2.19. The molecule has 0 saturated carbocycles. The van der Waals surface area contributed by atoms with Crippen LogP contribution in [0.15, 0.2) is 18.2 Å². The van der Waals surface area contributed by atoms with Gasteiger partial charge in [-0.3, -0.25) is 9.59 Å². The lowest BCUT2D eigenvalue weighted by Gasteiger charge is -2.22. The van der Waals surface area contributed by atoms with E-state index in [1.807, 2.05) is 0 Å². The molecule has 1 aromatic carbocycles. The fourth-order valence-corrected chi connectivity index (χ4v) is 2.65. The van der Waals surface area contributed by atoms with Gasteiger partial charge in [0.2, 0.25) is 0 Å². The highest BCUT2D eigenvalue weighted by molar-refractivity contribution is 6.06. The fourth-order valence-electron chi connectivity index (χ4n) is 2.65. The van der Waals surface area contributed by atoms with Gasteiger partial charge in [0, 0.05) is 13.2 Å². The van der Waals surface area contributed by atoms with Crippen molar-refractivity contribution in [3.63, 3.8) is 0 Å². The van der Waals surface area contributed by atoms with Crippen molar-refractivity contribution in [1.29, 1.82) is 0 Å². The maximum absolute atomic E-state index is 13.8. The summed E-state index contributed by atoms with van der Waals surface area (Å²) in [7, 11) is 0. The van der Waals surface area contributed by atoms with Gasteiger partial charge < -0.3 is 9.47 Å². The molecule has 2 rings (SSSR count). The summed E-state index contributed by atoms with van der Waals surface area (Å²) in [5.74, 6) is -1.37. The largest absolute Gasteiger partial charge is 0.466 e. The molecule has 0 amide bonds. The van der Waals surface area contributed by atoms with Crippen LogP contribution in [0.1, 0.15) is 42.1 Å². The van der Waals surface area contributed by atoms with Crippen molar-refractivity contribution >= 4 is 11.8 Å². The van der Waals surface area contributed by atoms with Crippen LogP contribution in [0.5, 0.6) is 0 Å². The SMILES string of the molecule is CCOC(=O)CC(=O)c1cc(CC2CCCOC2)ccc1F. The number of carbonyl (C=O) groups is 2. The molecule has 120 valence electrons. The van der Waals surface area contributed by atoms with E-state index in [1.165, 1.54) is 6.07 Å². The Hall–Kier alpha value is -1.75. The first-order valence-corrected chi connectivity index (χ1v) is 7.65. The molecule has 22 heavy (non-hydrogen) atoms. The van der Waals surface area contributed by atoms with E-state index in [4.69, 9.17) is 9.47 Å². The van der Waals surface area contributed by atoms with Gasteiger partial charge in [-0.2, -0.15) is 0 Å². The van der Waals surface area contributed by atoms with Gasteiger partial charge >= 0.3 is 5.97 Å². The lowest BCUT2D eigenvalue weighted by molar-refractivity contribution is -0.141.